The molecule has 1 aliphatic rings. The highest BCUT2D eigenvalue weighted by Crippen LogP contribution is 2.35. The van der Waals surface area contributed by atoms with E-state index in [-0.39, 0.29) is 24.5 Å². The Morgan fingerprint density at radius 2 is 1.64 bits per heavy atom. The van der Waals surface area contributed by atoms with Crippen LogP contribution in [0.1, 0.15) is 25.0 Å². The third-order valence-corrected chi connectivity index (χ3v) is 7.05. The van der Waals surface area contributed by atoms with Crippen molar-refractivity contribution in [3.8, 4) is 11.5 Å². The van der Waals surface area contributed by atoms with Crippen molar-refractivity contribution < 1.29 is 24.4 Å². The number of rotatable bonds is 11. The lowest BCUT2D eigenvalue weighted by atomic mass is 9.78. The van der Waals surface area contributed by atoms with Crippen LogP contribution >= 0.6 is 34.2 Å². The number of benzene rings is 2. The maximum Gasteiger partial charge on any atom is 0.132 e. The summed E-state index contributed by atoms with van der Waals surface area (Å²) in [6.07, 6.45) is -1.22. The molecule has 8 heteroatoms. The molecule has 0 aromatic heterocycles. The molecule has 3 rings (SSSR count). The van der Waals surface area contributed by atoms with E-state index in [0.29, 0.717) is 6.54 Å². The van der Waals surface area contributed by atoms with Crippen molar-refractivity contribution in [3.63, 3.8) is 0 Å². The van der Waals surface area contributed by atoms with E-state index in [4.69, 9.17) is 25.8 Å². The first kappa shape index (κ1) is 26.5. The molecule has 182 valence electrons. The molecule has 0 radical (unpaired) electrons. The van der Waals surface area contributed by atoms with Gasteiger partial charge in [0.2, 0.25) is 0 Å². The fourth-order valence-electron chi connectivity index (χ4n) is 3.70. The van der Waals surface area contributed by atoms with Crippen LogP contribution in [0, 0.1) is 3.57 Å². The van der Waals surface area contributed by atoms with Crippen molar-refractivity contribution in [3.05, 3.63) is 57.2 Å². The molecule has 33 heavy (non-hydrogen) atoms. The Morgan fingerprint density at radius 3 is 2.27 bits per heavy atom. The molecule has 2 atom stereocenters. The average molecular weight is 590 g/mol. The van der Waals surface area contributed by atoms with Crippen molar-refractivity contribution in [1.82, 2.24) is 4.90 Å². The highest BCUT2D eigenvalue weighted by atomic mass is 127. The Bertz CT molecular complexity index is 874. The Morgan fingerprint density at radius 1 is 1.00 bits per heavy atom. The van der Waals surface area contributed by atoms with E-state index in [0.717, 1.165) is 52.5 Å². The number of β-amino-alcohol motifs (C(OH)–C–C–N with tert-alkyl or cyclic N) is 1. The van der Waals surface area contributed by atoms with Crippen molar-refractivity contribution in [2.24, 2.45) is 0 Å². The van der Waals surface area contributed by atoms with Crippen LogP contribution < -0.4 is 9.47 Å². The van der Waals surface area contributed by atoms with E-state index in [1.165, 1.54) is 0 Å². The summed E-state index contributed by atoms with van der Waals surface area (Å²) in [4.78, 5) is 2.20. The Hall–Kier alpha value is -1.10. The maximum atomic E-state index is 10.3. The number of nitrogens with zero attached hydrogens (tertiary/aromatic N) is 1. The molecule has 1 heterocycles. The molecule has 1 aliphatic heterocycles. The van der Waals surface area contributed by atoms with Crippen LogP contribution in [0.5, 0.6) is 11.5 Å². The number of aliphatic hydroxyl groups excluding tert-OH is 2. The first-order valence-corrected chi connectivity index (χ1v) is 12.8. The van der Waals surface area contributed by atoms with Gasteiger partial charge in [-0.05, 0) is 58.0 Å². The molecular weight excluding hydrogens is 557 g/mol. The largest absolute Gasteiger partial charge is 0.491 e. The van der Waals surface area contributed by atoms with Crippen molar-refractivity contribution in [2.45, 2.75) is 31.5 Å². The molecule has 0 bridgehead atoms. The standard InChI is InChI=1S/C25H33ClINO5/c1-25(2,19-5-8-24(23(27)13-19)33-16-20(29)14-26)18-3-6-22(7-4-18)32-17-21(30)15-28-9-11-31-12-10-28/h3-8,13,20-21,29-30H,9-12,14-17H2,1-2H3/t20-,21+/m1/s1. The summed E-state index contributed by atoms with van der Waals surface area (Å²) in [6, 6.07) is 14.1. The highest BCUT2D eigenvalue weighted by molar-refractivity contribution is 14.1. The molecule has 2 aromatic carbocycles. The second-order valence-electron chi connectivity index (χ2n) is 8.79. The van der Waals surface area contributed by atoms with E-state index >= 15 is 0 Å². The zero-order valence-corrected chi connectivity index (χ0v) is 22.1. The smallest absolute Gasteiger partial charge is 0.132 e. The number of alkyl halides is 1. The number of halogens is 2. The van der Waals surface area contributed by atoms with Crippen LogP contribution in [0.15, 0.2) is 42.5 Å². The summed E-state index contributed by atoms with van der Waals surface area (Å²) >= 11 is 7.89. The zero-order valence-electron chi connectivity index (χ0n) is 19.2. The second kappa shape index (κ2) is 12.6. The molecule has 6 nitrogen and oxygen atoms in total. The van der Waals surface area contributed by atoms with Crippen LogP contribution in [0.3, 0.4) is 0 Å². The molecule has 0 spiro atoms. The molecular formula is C25H33ClINO5. The van der Waals surface area contributed by atoms with E-state index in [1.54, 1.807) is 0 Å². The maximum absolute atomic E-state index is 10.3. The summed E-state index contributed by atoms with van der Waals surface area (Å²) in [7, 11) is 0. The van der Waals surface area contributed by atoms with Gasteiger partial charge in [-0.25, -0.2) is 0 Å². The monoisotopic (exact) mass is 589 g/mol. The fourth-order valence-corrected chi connectivity index (χ4v) is 4.46. The van der Waals surface area contributed by atoms with Gasteiger partial charge in [0.05, 0.1) is 22.7 Å². The van der Waals surface area contributed by atoms with Gasteiger partial charge >= 0.3 is 0 Å². The highest BCUT2D eigenvalue weighted by Gasteiger charge is 2.24. The quantitative estimate of drug-likeness (QED) is 0.308. The molecule has 2 aromatic rings. The van der Waals surface area contributed by atoms with E-state index in [2.05, 4.69) is 65.6 Å². The van der Waals surface area contributed by atoms with Gasteiger partial charge < -0.3 is 24.4 Å². The number of aliphatic hydroxyl groups is 2. The Labute approximate surface area is 214 Å². The van der Waals surface area contributed by atoms with Gasteiger partial charge in [0.25, 0.3) is 0 Å². The Kier molecular flexibility index (Phi) is 10.1. The van der Waals surface area contributed by atoms with E-state index in [1.807, 2.05) is 18.2 Å². The van der Waals surface area contributed by atoms with Crippen LogP contribution in [0.25, 0.3) is 0 Å². The summed E-state index contributed by atoms with van der Waals surface area (Å²) < 4.78 is 17.8. The molecule has 2 N–H and O–H groups in total. The van der Waals surface area contributed by atoms with Crippen molar-refractivity contribution >= 4 is 34.2 Å². The van der Waals surface area contributed by atoms with Gasteiger partial charge in [0, 0.05) is 25.0 Å². The average Bonchev–Trinajstić information content (AvgIpc) is 2.82. The molecule has 1 saturated heterocycles. The minimum atomic E-state index is -0.681. The second-order valence-corrected chi connectivity index (χ2v) is 10.3. The molecule has 1 fully saturated rings. The SMILES string of the molecule is CC(C)(c1ccc(OC[C@@H](O)CN2CCOCC2)cc1)c1ccc(OC[C@H](O)CCl)c(I)c1. The predicted octanol–water partition coefficient (Wildman–Crippen LogP) is 3.67. The lowest BCUT2D eigenvalue weighted by Gasteiger charge is -2.28. The van der Waals surface area contributed by atoms with Crippen LogP contribution in [0.4, 0.5) is 0 Å². The third-order valence-electron chi connectivity index (χ3n) is 5.85. The third kappa shape index (κ3) is 7.70. The summed E-state index contributed by atoms with van der Waals surface area (Å²) in [5, 5.41) is 19.9. The minimum absolute atomic E-state index is 0.147. The normalized spacial score (nSPS) is 16.9. The minimum Gasteiger partial charge on any atom is -0.491 e. The lowest BCUT2D eigenvalue weighted by Crippen LogP contribution is -2.42. The van der Waals surface area contributed by atoms with E-state index < -0.39 is 12.2 Å². The number of hydrogen-bond donors (Lipinski definition) is 2. The van der Waals surface area contributed by atoms with Gasteiger partial charge in [-0.1, -0.05) is 32.0 Å². The number of ether oxygens (including phenoxy) is 3. The Balaban J connectivity index is 1.57. The predicted molar refractivity (Wildman–Crippen MR) is 139 cm³/mol. The number of morpholine rings is 1. The first-order chi connectivity index (χ1) is 15.8. The van der Waals surface area contributed by atoms with Gasteiger partial charge in [0.1, 0.15) is 36.9 Å². The fraction of sp³-hybridized carbons (Fsp3) is 0.520. The lowest BCUT2D eigenvalue weighted by molar-refractivity contribution is 0.00465. The first-order valence-electron chi connectivity index (χ1n) is 11.2. The van der Waals surface area contributed by atoms with E-state index in [9.17, 15) is 10.2 Å². The molecule has 0 aliphatic carbocycles. The summed E-state index contributed by atoms with van der Waals surface area (Å²) in [6.45, 7) is 8.52. The zero-order chi connectivity index (χ0) is 23.8. The van der Waals surface area contributed by atoms with Crippen LogP contribution in [-0.4, -0.2) is 79.3 Å². The summed E-state index contributed by atoms with van der Waals surface area (Å²) in [5.74, 6) is 1.62. The van der Waals surface area contributed by atoms with Crippen molar-refractivity contribution in [1.29, 1.82) is 0 Å². The van der Waals surface area contributed by atoms with Crippen molar-refractivity contribution in [2.75, 3.05) is 51.9 Å². The van der Waals surface area contributed by atoms with Crippen LogP contribution in [0.2, 0.25) is 0 Å². The molecule has 0 amide bonds. The van der Waals surface area contributed by atoms with Gasteiger partial charge in [-0.2, -0.15) is 0 Å². The number of hydrogen-bond acceptors (Lipinski definition) is 6. The molecule has 0 unspecified atom stereocenters. The van der Waals surface area contributed by atoms with Gasteiger partial charge in [-0.15, -0.1) is 11.6 Å². The molecule has 0 saturated carbocycles. The topological polar surface area (TPSA) is 71.4 Å². The van der Waals surface area contributed by atoms with Gasteiger partial charge in [-0.3, -0.25) is 4.90 Å². The van der Waals surface area contributed by atoms with Gasteiger partial charge in [0.15, 0.2) is 0 Å². The van der Waals surface area contributed by atoms with Crippen LogP contribution in [-0.2, 0) is 10.2 Å². The summed E-state index contributed by atoms with van der Waals surface area (Å²) in [5.41, 5.74) is 2.10.